The number of hydrogen-bond acceptors (Lipinski definition) is 2. The van der Waals surface area contributed by atoms with Crippen LogP contribution in [-0.2, 0) is 17.9 Å². The molecule has 2 rings (SSSR count). The summed E-state index contributed by atoms with van der Waals surface area (Å²) in [6.07, 6.45) is 5.34. The van der Waals surface area contributed by atoms with Gasteiger partial charge in [-0.1, -0.05) is 6.92 Å². The summed E-state index contributed by atoms with van der Waals surface area (Å²) in [5.74, 6) is 1.25. The van der Waals surface area contributed by atoms with Gasteiger partial charge in [0.05, 0.1) is 6.54 Å². The Morgan fingerprint density at radius 3 is 3.21 bits per heavy atom. The number of rotatable bonds is 2. The molecular formula is C10H15N3O. The van der Waals surface area contributed by atoms with Crippen molar-refractivity contribution in [3.8, 4) is 0 Å². The molecule has 1 aromatic rings. The van der Waals surface area contributed by atoms with E-state index in [4.69, 9.17) is 0 Å². The highest BCUT2D eigenvalue weighted by Crippen LogP contribution is 2.11. The van der Waals surface area contributed by atoms with Gasteiger partial charge in [0.1, 0.15) is 5.82 Å². The molecule has 0 fully saturated rings. The maximum atomic E-state index is 11.6. The lowest BCUT2D eigenvalue weighted by Crippen LogP contribution is -2.38. The zero-order chi connectivity index (χ0) is 9.97. The maximum Gasteiger partial charge on any atom is 0.223 e. The number of amides is 1. The molecular weight excluding hydrogens is 178 g/mol. The van der Waals surface area contributed by atoms with E-state index >= 15 is 0 Å². The molecule has 0 saturated carbocycles. The molecule has 4 nitrogen and oxygen atoms in total. The molecule has 4 heteroatoms. The fraction of sp³-hybridized carbons (Fsp3) is 0.600. The minimum atomic E-state index is 0.252. The number of carbonyl (C=O) groups excluding carboxylic acids is 1. The summed E-state index contributed by atoms with van der Waals surface area (Å²) in [6, 6.07) is 0. The van der Waals surface area contributed by atoms with Crippen LogP contribution in [0.15, 0.2) is 12.4 Å². The lowest BCUT2D eigenvalue weighted by atomic mass is 10.2. The van der Waals surface area contributed by atoms with Crippen molar-refractivity contribution in [3.63, 3.8) is 0 Å². The predicted octanol–water partition coefficient (Wildman–Crippen LogP) is 1.03. The highest BCUT2D eigenvalue weighted by atomic mass is 16.2. The summed E-state index contributed by atoms with van der Waals surface area (Å²) in [6.45, 7) is 4.40. The molecule has 1 aliphatic rings. The van der Waals surface area contributed by atoms with E-state index in [9.17, 15) is 4.79 Å². The molecule has 0 saturated heterocycles. The van der Waals surface area contributed by atoms with Crippen LogP contribution in [0, 0.1) is 0 Å². The summed E-state index contributed by atoms with van der Waals surface area (Å²) in [7, 11) is 0. The topological polar surface area (TPSA) is 38.1 Å². The zero-order valence-corrected chi connectivity index (χ0v) is 8.44. The Balaban J connectivity index is 2.04. The highest BCUT2D eigenvalue weighted by Gasteiger charge is 2.19. The summed E-state index contributed by atoms with van der Waals surface area (Å²) in [5.41, 5.74) is 0. The van der Waals surface area contributed by atoms with E-state index in [1.165, 1.54) is 0 Å². The van der Waals surface area contributed by atoms with Gasteiger partial charge in [-0.15, -0.1) is 0 Å². The van der Waals surface area contributed by atoms with E-state index in [2.05, 4.69) is 9.55 Å². The summed E-state index contributed by atoms with van der Waals surface area (Å²) >= 11 is 0. The van der Waals surface area contributed by atoms with Gasteiger partial charge in [0.25, 0.3) is 0 Å². The predicted molar refractivity (Wildman–Crippen MR) is 52.6 cm³/mol. The molecule has 0 atom stereocenters. The number of imidazole rings is 1. The molecule has 1 aromatic heterocycles. The Bertz CT molecular complexity index is 332. The first kappa shape index (κ1) is 9.24. The summed E-state index contributed by atoms with van der Waals surface area (Å²) in [5, 5.41) is 0. The van der Waals surface area contributed by atoms with Gasteiger partial charge in [-0.05, 0) is 6.42 Å². The van der Waals surface area contributed by atoms with Crippen LogP contribution < -0.4 is 0 Å². The van der Waals surface area contributed by atoms with Crippen molar-refractivity contribution in [1.82, 2.24) is 14.5 Å². The third-order valence-electron chi connectivity index (χ3n) is 2.56. The van der Waals surface area contributed by atoms with Crippen LogP contribution >= 0.6 is 0 Å². The largest absolute Gasteiger partial charge is 0.333 e. The Labute approximate surface area is 83.5 Å². The van der Waals surface area contributed by atoms with Gasteiger partial charge in [-0.25, -0.2) is 4.98 Å². The second-order valence-electron chi connectivity index (χ2n) is 3.60. The van der Waals surface area contributed by atoms with Crippen molar-refractivity contribution in [2.24, 2.45) is 0 Å². The number of hydrogen-bond donors (Lipinski definition) is 0. The van der Waals surface area contributed by atoms with E-state index in [1.807, 2.05) is 18.0 Å². The van der Waals surface area contributed by atoms with Crippen molar-refractivity contribution >= 4 is 5.91 Å². The first-order chi connectivity index (χ1) is 6.81. The van der Waals surface area contributed by atoms with Crippen LogP contribution in [0.4, 0.5) is 0 Å². The number of aromatic nitrogens is 2. The second-order valence-corrected chi connectivity index (χ2v) is 3.60. The van der Waals surface area contributed by atoms with Crippen LogP contribution in [-0.4, -0.2) is 26.9 Å². The molecule has 0 radical (unpaired) electrons. The third kappa shape index (κ3) is 1.64. The fourth-order valence-corrected chi connectivity index (χ4v) is 1.76. The van der Waals surface area contributed by atoms with Gasteiger partial charge in [0, 0.05) is 31.9 Å². The van der Waals surface area contributed by atoms with E-state index in [0.29, 0.717) is 13.0 Å². The Morgan fingerprint density at radius 1 is 1.57 bits per heavy atom. The van der Waals surface area contributed by atoms with Gasteiger partial charge in [-0.2, -0.15) is 0 Å². The molecule has 0 bridgehead atoms. The lowest BCUT2D eigenvalue weighted by Gasteiger charge is -2.27. The van der Waals surface area contributed by atoms with Crippen molar-refractivity contribution in [2.45, 2.75) is 32.9 Å². The average molecular weight is 193 g/mol. The van der Waals surface area contributed by atoms with Gasteiger partial charge >= 0.3 is 0 Å². The molecule has 76 valence electrons. The van der Waals surface area contributed by atoms with Crippen LogP contribution in [0.2, 0.25) is 0 Å². The summed E-state index contributed by atoms with van der Waals surface area (Å²) < 4.78 is 2.11. The Hall–Kier alpha value is -1.32. The van der Waals surface area contributed by atoms with Gasteiger partial charge in [0.15, 0.2) is 0 Å². The molecule has 14 heavy (non-hydrogen) atoms. The fourth-order valence-electron chi connectivity index (χ4n) is 1.76. The zero-order valence-electron chi connectivity index (χ0n) is 8.44. The van der Waals surface area contributed by atoms with E-state index in [0.717, 1.165) is 25.3 Å². The number of nitrogens with zero attached hydrogens (tertiary/aromatic N) is 3. The molecule has 1 amide bonds. The summed E-state index contributed by atoms with van der Waals surface area (Å²) in [4.78, 5) is 17.7. The van der Waals surface area contributed by atoms with Gasteiger partial charge in [0.2, 0.25) is 5.91 Å². The minimum Gasteiger partial charge on any atom is -0.333 e. The van der Waals surface area contributed by atoms with E-state index < -0.39 is 0 Å². The van der Waals surface area contributed by atoms with Crippen LogP contribution in [0.1, 0.15) is 25.6 Å². The Kier molecular flexibility index (Phi) is 2.52. The van der Waals surface area contributed by atoms with Crippen molar-refractivity contribution in [1.29, 1.82) is 0 Å². The van der Waals surface area contributed by atoms with Crippen molar-refractivity contribution in [3.05, 3.63) is 18.2 Å². The number of carbonyl (C=O) groups is 1. The minimum absolute atomic E-state index is 0.252. The highest BCUT2D eigenvalue weighted by molar-refractivity contribution is 5.76. The quantitative estimate of drug-likeness (QED) is 0.703. The van der Waals surface area contributed by atoms with Crippen molar-refractivity contribution in [2.75, 3.05) is 6.54 Å². The van der Waals surface area contributed by atoms with Gasteiger partial charge in [-0.3, -0.25) is 4.79 Å². The molecule has 1 aliphatic heterocycles. The van der Waals surface area contributed by atoms with Crippen LogP contribution in [0.3, 0.4) is 0 Å². The van der Waals surface area contributed by atoms with E-state index in [-0.39, 0.29) is 5.91 Å². The van der Waals surface area contributed by atoms with E-state index in [1.54, 1.807) is 6.20 Å². The van der Waals surface area contributed by atoms with Crippen LogP contribution in [0.25, 0.3) is 0 Å². The normalized spacial score (nSPS) is 15.4. The average Bonchev–Trinajstić information content (AvgIpc) is 2.64. The molecule has 2 heterocycles. The smallest absolute Gasteiger partial charge is 0.223 e. The maximum absolute atomic E-state index is 11.6. The first-order valence-electron chi connectivity index (χ1n) is 5.09. The third-order valence-corrected chi connectivity index (χ3v) is 2.56. The molecule has 0 aromatic carbocycles. The molecule has 0 unspecified atom stereocenters. The lowest BCUT2D eigenvalue weighted by molar-refractivity contribution is -0.132. The SMILES string of the molecule is CCCC(=O)N1CCn2ccnc2C1. The monoisotopic (exact) mass is 193 g/mol. The first-order valence-corrected chi connectivity index (χ1v) is 5.09. The Morgan fingerprint density at radius 2 is 2.43 bits per heavy atom. The number of fused-ring (bicyclic) bond motifs is 1. The molecule has 0 spiro atoms. The van der Waals surface area contributed by atoms with Crippen molar-refractivity contribution < 1.29 is 4.79 Å². The molecule has 0 N–H and O–H groups in total. The standard InChI is InChI=1S/C10H15N3O/c1-2-3-10(14)13-7-6-12-5-4-11-9(12)8-13/h4-5H,2-3,6-8H2,1H3. The molecule has 0 aliphatic carbocycles. The second kappa shape index (κ2) is 3.82. The van der Waals surface area contributed by atoms with Gasteiger partial charge < -0.3 is 9.47 Å². The van der Waals surface area contributed by atoms with Crippen LogP contribution in [0.5, 0.6) is 0 Å².